The molecule has 1 heterocycles. The van der Waals surface area contributed by atoms with Gasteiger partial charge in [0.1, 0.15) is 4.32 Å². The largest absolute Gasteiger partial charge is 0.346 e. The van der Waals surface area contributed by atoms with Crippen molar-refractivity contribution >= 4 is 21.7 Å². The van der Waals surface area contributed by atoms with E-state index >= 15 is 0 Å². The SMILES string of the molecule is O=C1CC2(OCCO2)C2C=CC1(Br)C2. The molecule has 2 bridgehead atoms. The van der Waals surface area contributed by atoms with Crippen molar-refractivity contribution in [2.45, 2.75) is 23.0 Å². The molecule has 1 saturated heterocycles. The number of carbonyl (C=O) groups excluding carboxylic acids is 1. The van der Waals surface area contributed by atoms with Crippen molar-refractivity contribution in [2.24, 2.45) is 5.92 Å². The summed E-state index contributed by atoms with van der Waals surface area (Å²) < 4.78 is 10.8. The van der Waals surface area contributed by atoms with Crippen LogP contribution in [0.5, 0.6) is 0 Å². The Morgan fingerprint density at radius 2 is 2.14 bits per heavy atom. The number of alkyl halides is 1. The van der Waals surface area contributed by atoms with E-state index in [-0.39, 0.29) is 11.7 Å². The van der Waals surface area contributed by atoms with Gasteiger partial charge in [-0.15, -0.1) is 0 Å². The molecular weight excluding hydrogens is 248 g/mol. The molecule has 3 nitrogen and oxygen atoms in total. The van der Waals surface area contributed by atoms with E-state index in [2.05, 4.69) is 15.9 Å². The number of carbonyl (C=O) groups is 1. The molecular formula is C10H11BrO3. The second-order valence-electron chi connectivity index (χ2n) is 4.14. The fraction of sp³-hybridized carbons (Fsp3) is 0.700. The second kappa shape index (κ2) is 2.68. The molecule has 0 aromatic rings. The minimum atomic E-state index is -0.638. The number of Topliss-reactive ketones (excluding diaryl/α,β-unsaturated/α-hetero) is 1. The normalized spacial score (nSPS) is 43.8. The topological polar surface area (TPSA) is 35.5 Å². The van der Waals surface area contributed by atoms with Gasteiger partial charge in [0.15, 0.2) is 11.6 Å². The number of rotatable bonds is 0. The summed E-state index contributed by atoms with van der Waals surface area (Å²) in [5.74, 6) is -0.243. The van der Waals surface area contributed by atoms with E-state index in [1.165, 1.54) is 0 Å². The summed E-state index contributed by atoms with van der Waals surface area (Å²) in [5.41, 5.74) is 0. The summed E-state index contributed by atoms with van der Waals surface area (Å²) in [6, 6.07) is 0. The molecule has 1 saturated carbocycles. The summed E-state index contributed by atoms with van der Waals surface area (Å²) in [4.78, 5) is 11.9. The van der Waals surface area contributed by atoms with Gasteiger partial charge in [0.25, 0.3) is 0 Å². The summed E-state index contributed by atoms with van der Waals surface area (Å²) in [6.45, 7) is 1.21. The maximum absolute atomic E-state index is 11.9. The molecule has 4 heteroatoms. The van der Waals surface area contributed by atoms with Gasteiger partial charge in [-0.25, -0.2) is 0 Å². The van der Waals surface area contributed by atoms with E-state index in [0.717, 1.165) is 6.42 Å². The maximum Gasteiger partial charge on any atom is 0.181 e. The lowest BCUT2D eigenvalue weighted by Gasteiger charge is -2.38. The molecule has 14 heavy (non-hydrogen) atoms. The number of fused-ring (bicyclic) bond motifs is 3. The number of ketones is 1. The highest BCUT2D eigenvalue weighted by molar-refractivity contribution is 9.10. The highest BCUT2D eigenvalue weighted by Crippen LogP contribution is 2.51. The molecule has 76 valence electrons. The Kier molecular flexibility index (Phi) is 1.74. The van der Waals surface area contributed by atoms with Gasteiger partial charge in [0.2, 0.25) is 0 Å². The van der Waals surface area contributed by atoms with Crippen molar-refractivity contribution < 1.29 is 14.3 Å². The molecule has 2 atom stereocenters. The third-order valence-electron chi connectivity index (χ3n) is 3.32. The number of ether oxygens (including phenoxy) is 2. The molecule has 0 amide bonds. The van der Waals surface area contributed by atoms with E-state index in [4.69, 9.17) is 9.47 Å². The van der Waals surface area contributed by atoms with Crippen LogP contribution in [0, 0.1) is 5.92 Å². The Morgan fingerprint density at radius 1 is 1.43 bits per heavy atom. The van der Waals surface area contributed by atoms with E-state index in [0.29, 0.717) is 19.6 Å². The van der Waals surface area contributed by atoms with Gasteiger partial charge < -0.3 is 9.47 Å². The molecule has 1 spiro atoms. The van der Waals surface area contributed by atoms with Crippen molar-refractivity contribution in [3.63, 3.8) is 0 Å². The van der Waals surface area contributed by atoms with Gasteiger partial charge in [-0.1, -0.05) is 28.1 Å². The van der Waals surface area contributed by atoms with Crippen LogP contribution in [0.3, 0.4) is 0 Å². The van der Waals surface area contributed by atoms with Crippen LogP contribution in [0.15, 0.2) is 12.2 Å². The summed E-state index contributed by atoms with van der Waals surface area (Å²) >= 11 is 3.48. The van der Waals surface area contributed by atoms with Gasteiger partial charge in [0, 0.05) is 5.92 Å². The first-order valence-corrected chi connectivity index (χ1v) is 5.63. The number of hydrogen-bond acceptors (Lipinski definition) is 3. The first kappa shape index (κ1) is 9.07. The van der Waals surface area contributed by atoms with Crippen LogP contribution in [-0.4, -0.2) is 29.1 Å². The monoisotopic (exact) mass is 258 g/mol. The van der Waals surface area contributed by atoms with Crippen LogP contribution in [-0.2, 0) is 14.3 Å². The van der Waals surface area contributed by atoms with Crippen molar-refractivity contribution in [1.82, 2.24) is 0 Å². The highest BCUT2D eigenvalue weighted by atomic mass is 79.9. The maximum atomic E-state index is 11.9. The van der Waals surface area contributed by atoms with Crippen molar-refractivity contribution in [3.05, 3.63) is 12.2 Å². The number of allylic oxidation sites excluding steroid dienone is 1. The smallest absolute Gasteiger partial charge is 0.181 e. The van der Waals surface area contributed by atoms with Crippen LogP contribution < -0.4 is 0 Å². The van der Waals surface area contributed by atoms with Crippen LogP contribution in [0.2, 0.25) is 0 Å². The molecule has 0 N–H and O–H groups in total. The Morgan fingerprint density at radius 3 is 2.86 bits per heavy atom. The lowest BCUT2D eigenvalue weighted by Crippen LogP contribution is -2.49. The van der Waals surface area contributed by atoms with Crippen molar-refractivity contribution in [1.29, 1.82) is 0 Å². The zero-order valence-electron chi connectivity index (χ0n) is 7.66. The minimum Gasteiger partial charge on any atom is -0.346 e. The molecule has 3 aliphatic rings. The Bertz CT molecular complexity index is 319. The third-order valence-corrected chi connectivity index (χ3v) is 4.35. The van der Waals surface area contributed by atoms with Crippen molar-refractivity contribution in [2.75, 3.05) is 13.2 Å². The zero-order valence-corrected chi connectivity index (χ0v) is 9.25. The lowest BCUT2D eigenvalue weighted by molar-refractivity contribution is -0.198. The minimum absolute atomic E-state index is 0.171. The molecule has 0 aromatic heterocycles. The molecule has 1 aliphatic heterocycles. The van der Waals surface area contributed by atoms with Crippen LogP contribution in [0.4, 0.5) is 0 Å². The molecule has 2 fully saturated rings. The third kappa shape index (κ3) is 1.02. The predicted molar refractivity (Wildman–Crippen MR) is 53.2 cm³/mol. The van der Waals surface area contributed by atoms with E-state index in [1.54, 1.807) is 0 Å². The zero-order chi connectivity index (χ0) is 9.81. The lowest BCUT2D eigenvalue weighted by atomic mass is 9.81. The summed E-state index contributed by atoms with van der Waals surface area (Å²) in [5, 5.41) is 0. The molecule has 3 rings (SSSR count). The van der Waals surface area contributed by atoms with Gasteiger partial charge in [-0.05, 0) is 6.42 Å². The van der Waals surface area contributed by atoms with Crippen LogP contribution in [0.25, 0.3) is 0 Å². The van der Waals surface area contributed by atoms with E-state index in [1.807, 2.05) is 12.2 Å². The average Bonchev–Trinajstić information content (AvgIpc) is 2.71. The molecule has 0 radical (unpaired) electrons. The first-order valence-electron chi connectivity index (χ1n) is 4.84. The first-order chi connectivity index (χ1) is 6.65. The second-order valence-corrected chi connectivity index (χ2v) is 5.56. The van der Waals surface area contributed by atoms with E-state index < -0.39 is 10.1 Å². The van der Waals surface area contributed by atoms with Crippen molar-refractivity contribution in [3.8, 4) is 0 Å². The van der Waals surface area contributed by atoms with Gasteiger partial charge in [-0.2, -0.15) is 0 Å². The molecule has 0 aromatic carbocycles. The molecule has 2 unspecified atom stereocenters. The fourth-order valence-electron chi connectivity index (χ4n) is 2.52. The van der Waals surface area contributed by atoms with Gasteiger partial charge in [-0.3, -0.25) is 4.79 Å². The average molecular weight is 259 g/mol. The Hall–Kier alpha value is -0.190. The van der Waals surface area contributed by atoms with Crippen LogP contribution >= 0.6 is 15.9 Å². The Labute approximate surface area is 90.6 Å². The molecule has 2 aliphatic carbocycles. The Balaban J connectivity index is 1.99. The number of halogens is 1. The van der Waals surface area contributed by atoms with E-state index in [9.17, 15) is 4.79 Å². The van der Waals surface area contributed by atoms with Gasteiger partial charge >= 0.3 is 0 Å². The summed E-state index contributed by atoms with van der Waals surface area (Å²) in [7, 11) is 0. The highest BCUT2D eigenvalue weighted by Gasteiger charge is 2.57. The predicted octanol–water partition coefficient (Wildman–Crippen LogP) is 1.41. The van der Waals surface area contributed by atoms with Crippen LogP contribution in [0.1, 0.15) is 12.8 Å². The number of hydrogen-bond donors (Lipinski definition) is 0. The standard InChI is InChI=1S/C10H11BrO3/c11-9-2-1-7(5-9)10(6-8(9)12)13-3-4-14-10/h1-2,7H,3-6H2. The quantitative estimate of drug-likeness (QED) is 0.487. The summed E-state index contributed by atoms with van der Waals surface area (Å²) in [6.07, 6.45) is 5.13. The van der Waals surface area contributed by atoms with Gasteiger partial charge in [0.05, 0.1) is 19.6 Å². The fourth-order valence-corrected chi connectivity index (χ4v) is 3.16.